The summed E-state index contributed by atoms with van der Waals surface area (Å²) in [5, 5.41) is 9.47. The van der Waals surface area contributed by atoms with Crippen LogP contribution in [0.5, 0.6) is 11.5 Å². The Morgan fingerprint density at radius 3 is 2.32 bits per heavy atom. The number of alkyl halides is 3. The number of methoxy groups -OCH3 is 1. The molecule has 0 radical (unpaired) electrons. The lowest BCUT2D eigenvalue weighted by Gasteiger charge is -2.16. The fourth-order valence-electron chi connectivity index (χ4n) is 3.25. The molecule has 1 saturated carbocycles. The molecule has 0 N–H and O–H groups in total. The molecule has 146 valence electrons. The normalized spacial score (nSPS) is 15.3. The van der Waals surface area contributed by atoms with E-state index in [0.29, 0.717) is 22.6 Å². The third-order valence-corrected chi connectivity index (χ3v) is 4.74. The van der Waals surface area contributed by atoms with Crippen LogP contribution in [0.1, 0.15) is 42.4 Å². The average Bonchev–Trinajstić information content (AvgIpc) is 3.19. The van der Waals surface area contributed by atoms with E-state index in [1.807, 2.05) is 0 Å². The summed E-state index contributed by atoms with van der Waals surface area (Å²) in [7, 11) is 1.56. The lowest BCUT2D eigenvalue weighted by atomic mass is 10.0. The number of hydrogen-bond acceptors (Lipinski definition) is 3. The number of nitrogens with zero attached hydrogens (tertiary/aromatic N) is 1. The van der Waals surface area contributed by atoms with E-state index in [2.05, 4.69) is 6.07 Å². The van der Waals surface area contributed by atoms with Gasteiger partial charge in [-0.2, -0.15) is 18.4 Å². The van der Waals surface area contributed by atoms with Gasteiger partial charge in [0, 0.05) is 0 Å². The van der Waals surface area contributed by atoms with Crippen molar-refractivity contribution in [1.82, 2.24) is 0 Å². The van der Waals surface area contributed by atoms with Gasteiger partial charge in [-0.15, -0.1) is 0 Å². The van der Waals surface area contributed by atoms with Crippen LogP contribution in [0.3, 0.4) is 0 Å². The van der Waals surface area contributed by atoms with Crippen LogP contribution in [-0.4, -0.2) is 13.2 Å². The minimum absolute atomic E-state index is 0.151. The molecule has 2 aromatic carbocycles. The minimum atomic E-state index is -4.41. The van der Waals surface area contributed by atoms with Gasteiger partial charge in [0.15, 0.2) is 11.5 Å². The van der Waals surface area contributed by atoms with Crippen molar-refractivity contribution in [2.45, 2.75) is 38.0 Å². The summed E-state index contributed by atoms with van der Waals surface area (Å²) in [4.78, 5) is 0. The first kappa shape index (κ1) is 19.8. The Hall–Kier alpha value is -2.94. The van der Waals surface area contributed by atoms with Crippen molar-refractivity contribution in [2.24, 2.45) is 0 Å². The van der Waals surface area contributed by atoms with Crippen LogP contribution in [0.4, 0.5) is 13.2 Å². The number of ether oxygens (including phenoxy) is 2. The molecule has 1 fully saturated rings. The number of allylic oxidation sites excluding steroid dienone is 1. The molecule has 0 atom stereocenters. The molecule has 0 aliphatic heterocycles. The standard InChI is InChI=1S/C22H20F3NO2/c1-27-20-11-6-15(13-21(20)28-19-4-2-3-5-19)12-17(14-26)16-7-9-18(10-8-16)22(23,24)25/h6-13,19H,2-5H2,1H3. The van der Waals surface area contributed by atoms with E-state index < -0.39 is 11.7 Å². The Labute approximate surface area is 162 Å². The van der Waals surface area contributed by atoms with Gasteiger partial charge in [-0.3, -0.25) is 0 Å². The summed E-state index contributed by atoms with van der Waals surface area (Å²) in [5.74, 6) is 1.21. The quantitative estimate of drug-likeness (QED) is 0.460. The highest BCUT2D eigenvalue weighted by molar-refractivity contribution is 5.89. The number of nitriles is 1. The van der Waals surface area contributed by atoms with Gasteiger partial charge >= 0.3 is 6.18 Å². The molecule has 3 rings (SSSR count). The summed E-state index contributed by atoms with van der Waals surface area (Å²) >= 11 is 0. The van der Waals surface area contributed by atoms with Gasteiger partial charge in [0.2, 0.25) is 0 Å². The van der Waals surface area contributed by atoms with E-state index >= 15 is 0 Å². The van der Waals surface area contributed by atoms with Crippen LogP contribution in [0, 0.1) is 11.3 Å². The van der Waals surface area contributed by atoms with Crippen molar-refractivity contribution < 1.29 is 22.6 Å². The molecule has 0 saturated heterocycles. The van der Waals surface area contributed by atoms with Gasteiger partial charge in [-0.25, -0.2) is 0 Å². The second-order valence-electron chi connectivity index (χ2n) is 6.68. The molecule has 1 aliphatic carbocycles. The van der Waals surface area contributed by atoms with Gasteiger partial charge < -0.3 is 9.47 Å². The summed E-state index contributed by atoms with van der Waals surface area (Å²) in [5.41, 5.74) is 0.658. The molecule has 0 amide bonds. The smallest absolute Gasteiger partial charge is 0.416 e. The largest absolute Gasteiger partial charge is 0.493 e. The zero-order valence-electron chi connectivity index (χ0n) is 15.4. The summed E-state index contributed by atoms with van der Waals surface area (Å²) in [6.45, 7) is 0. The Bertz CT molecular complexity index is 889. The molecular weight excluding hydrogens is 367 g/mol. The van der Waals surface area contributed by atoms with Crippen molar-refractivity contribution in [1.29, 1.82) is 5.26 Å². The van der Waals surface area contributed by atoms with Gasteiger partial charge in [-0.1, -0.05) is 18.2 Å². The average molecular weight is 387 g/mol. The van der Waals surface area contributed by atoms with E-state index in [1.165, 1.54) is 12.1 Å². The molecule has 0 heterocycles. The monoisotopic (exact) mass is 387 g/mol. The SMILES string of the molecule is COc1ccc(C=C(C#N)c2ccc(C(F)(F)F)cc2)cc1OC1CCCC1. The van der Waals surface area contributed by atoms with Gasteiger partial charge in [0.25, 0.3) is 0 Å². The minimum Gasteiger partial charge on any atom is -0.493 e. The van der Waals surface area contributed by atoms with Crippen molar-refractivity contribution in [3.05, 3.63) is 59.2 Å². The fourth-order valence-corrected chi connectivity index (χ4v) is 3.25. The van der Waals surface area contributed by atoms with E-state index in [-0.39, 0.29) is 11.7 Å². The molecule has 0 bridgehead atoms. The number of rotatable bonds is 5. The second-order valence-corrected chi connectivity index (χ2v) is 6.68. The van der Waals surface area contributed by atoms with Crippen LogP contribution in [0.15, 0.2) is 42.5 Å². The number of halogens is 3. The number of hydrogen-bond donors (Lipinski definition) is 0. The number of benzene rings is 2. The van der Waals surface area contributed by atoms with Crippen molar-refractivity contribution >= 4 is 11.6 Å². The fraction of sp³-hybridized carbons (Fsp3) is 0.318. The zero-order chi connectivity index (χ0) is 20.1. The molecular formula is C22H20F3NO2. The molecule has 6 heteroatoms. The van der Waals surface area contributed by atoms with Gasteiger partial charge in [0.05, 0.1) is 30.4 Å². The first-order valence-corrected chi connectivity index (χ1v) is 9.05. The molecule has 0 aromatic heterocycles. The third kappa shape index (κ3) is 4.66. The van der Waals surface area contributed by atoms with E-state index in [4.69, 9.17) is 9.47 Å². The van der Waals surface area contributed by atoms with Crippen LogP contribution in [-0.2, 0) is 6.18 Å². The lowest BCUT2D eigenvalue weighted by Crippen LogP contribution is -2.11. The summed E-state index contributed by atoms with van der Waals surface area (Å²) in [6.07, 6.45) is 1.65. The predicted octanol–water partition coefficient (Wildman–Crippen LogP) is 6.10. The summed E-state index contributed by atoms with van der Waals surface area (Å²) in [6, 6.07) is 11.9. The summed E-state index contributed by atoms with van der Waals surface area (Å²) < 4.78 is 49.6. The highest BCUT2D eigenvalue weighted by atomic mass is 19.4. The Balaban J connectivity index is 1.88. The highest BCUT2D eigenvalue weighted by Gasteiger charge is 2.30. The highest BCUT2D eigenvalue weighted by Crippen LogP contribution is 2.34. The molecule has 0 spiro atoms. The second kappa shape index (κ2) is 8.39. The van der Waals surface area contributed by atoms with E-state index in [0.717, 1.165) is 37.8 Å². The Kier molecular flexibility index (Phi) is 5.93. The maximum atomic E-state index is 12.7. The van der Waals surface area contributed by atoms with E-state index in [1.54, 1.807) is 31.4 Å². The first-order valence-electron chi connectivity index (χ1n) is 9.05. The first-order chi connectivity index (χ1) is 13.4. The topological polar surface area (TPSA) is 42.2 Å². The maximum Gasteiger partial charge on any atom is 0.416 e. The van der Waals surface area contributed by atoms with Crippen LogP contribution in [0.2, 0.25) is 0 Å². The molecule has 3 nitrogen and oxygen atoms in total. The van der Waals surface area contributed by atoms with Crippen molar-refractivity contribution in [2.75, 3.05) is 7.11 Å². The Morgan fingerprint density at radius 1 is 1.07 bits per heavy atom. The van der Waals surface area contributed by atoms with E-state index in [9.17, 15) is 18.4 Å². The van der Waals surface area contributed by atoms with Crippen molar-refractivity contribution in [3.63, 3.8) is 0 Å². The van der Waals surface area contributed by atoms with Crippen LogP contribution >= 0.6 is 0 Å². The van der Waals surface area contributed by atoms with Crippen molar-refractivity contribution in [3.8, 4) is 17.6 Å². The predicted molar refractivity (Wildman–Crippen MR) is 101 cm³/mol. The van der Waals surface area contributed by atoms with Gasteiger partial charge in [-0.05, 0) is 67.2 Å². The van der Waals surface area contributed by atoms with Gasteiger partial charge in [0.1, 0.15) is 0 Å². The molecule has 0 unspecified atom stereocenters. The van der Waals surface area contributed by atoms with Crippen LogP contribution in [0.25, 0.3) is 11.6 Å². The molecule has 1 aliphatic rings. The lowest BCUT2D eigenvalue weighted by molar-refractivity contribution is -0.137. The maximum absolute atomic E-state index is 12.7. The molecule has 28 heavy (non-hydrogen) atoms. The third-order valence-electron chi connectivity index (χ3n) is 4.74. The van der Waals surface area contributed by atoms with Crippen LogP contribution < -0.4 is 9.47 Å². The zero-order valence-corrected chi connectivity index (χ0v) is 15.4. The molecule has 2 aromatic rings. The Morgan fingerprint density at radius 2 is 1.75 bits per heavy atom.